The molecule has 0 aliphatic carbocycles. The maximum atomic E-state index is 12.4. The van der Waals surface area contributed by atoms with E-state index >= 15 is 0 Å². The fourth-order valence-electron chi connectivity index (χ4n) is 2.38. The van der Waals surface area contributed by atoms with E-state index in [-0.39, 0.29) is 11.8 Å². The van der Waals surface area contributed by atoms with Crippen LogP contribution in [0.2, 0.25) is 5.02 Å². The van der Waals surface area contributed by atoms with E-state index in [2.05, 4.69) is 15.8 Å². The lowest BCUT2D eigenvalue weighted by atomic mass is 10.1. The molecule has 0 spiro atoms. The van der Waals surface area contributed by atoms with Crippen LogP contribution in [0, 0.1) is 13.8 Å². The van der Waals surface area contributed by atoms with Crippen LogP contribution in [0.4, 0.5) is 5.69 Å². The topological polar surface area (TPSA) is 84.2 Å². The van der Waals surface area contributed by atoms with Crippen molar-refractivity contribution in [2.45, 2.75) is 20.4 Å². The van der Waals surface area contributed by atoms with Crippen molar-refractivity contribution in [1.82, 2.24) is 10.5 Å². The highest BCUT2D eigenvalue weighted by atomic mass is 35.5. The molecule has 2 amide bonds. The second-order valence-electron chi connectivity index (χ2n) is 5.61. The molecule has 0 atom stereocenters. The summed E-state index contributed by atoms with van der Waals surface area (Å²) in [5, 5.41) is 11.6. The lowest BCUT2D eigenvalue weighted by molar-refractivity contribution is 0.0949. The monoisotopic (exact) mass is 389 g/mol. The number of aryl methyl sites for hydroxylation is 2. The molecule has 0 aliphatic heterocycles. The van der Waals surface area contributed by atoms with Gasteiger partial charge < -0.3 is 15.2 Å². The fourth-order valence-corrected chi connectivity index (χ4v) is 3.16. The Kier molecular flexibility index (Phi) is 5.39. The first kappa shape index (κ1) is 18.2. The van der Waals surface area contributed by atoms with Gasteiger partial charge in [0.2, 0.25) is 0 Å². The molecule has 0 aliphatic rings. The Morgan fingerprint density at radius 1 is 1.23 bits per heavy atom. The predicted molar refractivity (Wildman–Crippen MR) is 101 cm³/mol. The molecule has 6 nitrogen and oxygen atoms in total. The zero-order valence-electron chi connectivity index (χ0n) is 14.1. The van der Waals surface area contributed by atoms with Gasteiger partial charge in [0.25, 0.3) is 11.8 Å². The first-order chi connectivity index (χ1) is 12.5. The van der Waals surface area contributed by atoms with Crippen molar-refractivity contribution in [2.75, 3.05) is 5.32 Å². The number of halogens is 1. The highest BCUT2D eigenvalue weighted by Gasteiger charge is 2.14. The SMILES string of the molecule is Cc1noc(C)c1CNC(=O)c1ccc(Cl)c(NC(=O)c2cccs2)c1. The fraction of sp³-hybridized carbons (Fsp3) is 0.167. The summed E-state index contributed by atoms with van der Waals surface area (Å²) in [6, 6.07) is 8.24. The molecule has 0 saturated carbocycles. The molecule has 134 valence electrons. The molecule has 0 unspecified atom stereocenters. The van der Waals surface area contributed by atoms with Crippen molar-refractivity contribution in [2.24, 2.45) is 0 Å². The van der Waals surface area contributed by atoms with Crippen molar-refractivity contribution in [1.29, 1.82) is 0 Å². The average molecular weight is 390 g/mol. The van der Waals surface area contributed by atoms with Crippen molar-refractivity contribution in [3.8, 4) is 0 Å². The third kappa shape index (κ3) is 3.95. The zero-order valence-corrected chi connectivity index (χ0v) is 15.7. The predicted octanol–water partition coefficient (Wildman–Crippen LogP) is 4.19. The van der Waals surface area contributed by atoms with Crippen molar-refractivity contribution >= 4 is 40.4 Å². The number of hydrogen-bond donors (Lipinski definition) is 2. The van der Waals surface area contributed by atoms with E-state index in [0.717, 1.165) is 11.3 Å². The summed E-state index contributed by atoms with van der Waals surface area (Å²) in [5.41, 5.74) is 2.36. The third-order valence-electron chi connectivity index (χ3n) is 3.83. The summed E-state index contributed by atoms with van der Waals surface area (Å²) in [4.78, 5) is 25.2. The van der Waals surface area contributed by atoms with Gasteiger partial charge in [-0.25, -0.2) is 0 Å². The number of aromatic nitrogens is 1. The Morgan fingerprint density at radius 2 is 2.04 bits per heavy atom. The number of thiophene rings is 1. The van der Waals surface area contributed by atoms with Gasteiger partial charge in [0.15, 0.2) is 0 Å². The van der Waals surface area contributed by atoms with E-state index in [4.69, 9.17) is 16.1 Å². The van der Waals surface area contributed by atoms with E-state index in [0.29, 0.717) is 33.5 Å². The van der Waals surface area contributed by atoms with E-state index in [9.17, 15) is 9.59 Å². The van der Waals surface area contributed by atoms with Gasteiger partial charge in [-0.15, -0.1) is 11.3 Å². The minimum absolute atomic E-state index is 0.268. The van der Waals surface area contributed by atoms with Gasteiger partial charge in [-0.1, -0.05) is 22.8 Å². The maximum absolute atomic E-state index is 12.4. The Balaban J connectivity index is 1.72. The van der Waals surface area contributed by atoms with Crippen molar-refractivity contribution in [3.05, 3.63) is 68.2 Å². The van der Waals surface area contributed by atoms with Crippen LogP contribution in [0.15, 0.2) is 40.2 Å². The van der Waals surface area contributed by atoms with E-state index in [1.165, 1.54) is 11.3 Å². The number of carbonyl (C=O) groups is 2. The number of carbonyl (C=O) groups excluding carboxylic acids is 2. The standard InChI is InChI=1S/C18H16ClN3O3S/c1-10-13(11(2)25-22-10)9-20-17(23)12-5-6-14(19)15(8-12)21-18(24)16-4-3-7-26-16/h3-8H,9H2,1-2H3,(H,20,23)(H,21,24). The Hall–Kier alpha value is -2.64. The summed E-state index contributed by atoms with van der Waals surface area (Å²) < 4.78 is 5.08. The van der Waals surface area contributed by atoms with Crippen LogP contribution in [0.5, 0.6) is 0 Å². The number of hydrogen-bond acceptors (Lipinski definition) is 5. The molecule has 1 aromatic carbocycles. The van der Waals surface area contributed by atoms with E-state index in [1.54, 1.807) is 37.3 Å². The van der Waals surface area contributed by atoms with Crippen LogP contribution in [0.1, 0.15) is 37.0 Å². The van der Waals surface area contributed by atoms with Gasteiger partial charge in [-0.2, -0.15) is 0 Å². The van der Waals surface area contributed by atoms with E-state index in [1.807, 2.05) is 12.3 Å². The summed E-state index contributed by atoms with van der Waals surface area (Å²) in [5.74, 6) is 0.117. The quantitative estimate of drug-likeness (QED) is 0.685. The zero-order chi connectivity index (χ0) is 18.7. The first-order valence-electron chi connectivity index (χ1n) is 7.80. The Bertz CT molecular complexity index is 931. The van der Waals surface area contributed by atoms with Gasteiger partial charge >= 0.3 is 0 Å². The van der Waals surface area contributed by atoms with Gasteiger partial charge in [0.1, 0.15) is 5.76 Å². The van der Waals surface area contributed by atoms with Gasteiger partial charge in [0, 0.05) is 17.7 Å². The highest BCUT2D eigenvalue weighted by Crippen LogP contribution is 2.24. The molecular weight excluding hydrogens is 374 g/mol. The molecule has 2 aromatic heterocycles. The van der Waals surface area contributed by atoms with Crippen LogP contribution in [0.3, 0.4) is 0 Å². The highest BCUT2D eigenvalue weighted by molar-refractivity contribution is 7.12. The molecule has 3 rings (SSSR count). The number of benzene rings is 1. The molecule has 0 fully saturated rings. The number of anilines is 1. The third-order valence-corrected chi connectivity index (χ3v) is 5.03. The molecule has 0 radical (unpaired) electrons. The van der Waals surface area contributed by atoms with E-state index < -0.39 is 0 Å². The second kappa shape index (κ2) is 7.72. The lowest BCUT2D eigenvalue weighted by Gasteiger charge is -2.09. The molecule has 8 heteroatoms. The minimum Gasteiger partial charge on any atom is -0.361 e. The molecular formula is C18H16ClN3O3S. The Labute approximate surface area is 159 Å². The normalized spacial score (nSPS) is 10.6. The summed E-state index contributed by atoms with van der Waals surface area (Å²) >= 11 is 7.47. The van der Waals surface area contributed by atoms with Gasteiger partial charge in [-0.3, -0.25) is 9.59 Å². The maximum Gasteiger partial charge on any atom is 0.265 e. The molecule has 0 bridgehead atoms. The van der Waals surface area contributed by atoms with Crippen molar-refractivity contribution < 1.29 is 14.1 Å². The van der Waals surface area contributed by atoms with Crippen LogP contribution in [-0.2, 0) is 6.54 Å². The van der Waals surface area contributed by atoms with Crippen LogP contribution >= 0.6 is 22.9 Å². The van der Waals surface area contributed by atoms with Gasteiger partial charge in [-0.05, 0) is 43.5 Å². The first-order valence-corrected chi connectivity index (χ1v) is 9.06. The molecule has 2 heterocycles. The van der Waals surface area contributed by atoms with Crippen LogP contribution in [0.25, 0.3) is 0 Å². The smallest absolute Gasteiger partial charge is 0.265 e. The number of nitrogens with one attached hydrogen (secondary N) is 2. The summed E-state index contributed by atoms with van der Waals surface area (Å²) in [7, 11) is 0. The molecule has 26 heavy (non-hydrogen) atoms. The van der Waals surface area contributed by atoms with Crippen molar-refractivity contribution in [3.63, 3.8) is 0 Å². The minimum atomic E-state index is -0.284. The molecule has 2 N–H and O–H groups in total. The number of amides is 2. The number of nitrogens with zero attached hydrogens (tertiary/aromatic N) is 1. The molecule has 0 saturated heterocycles. The summed E-state index contributed by atoms with van der Waals surface area (Å²) in [6.45, 7) is 3.92. The van der Waals surface area contributed by atoms with Gasteiger partial charge in [0.05, 0.1) is 21.3 Å². The second-order valence-corrected chi connectivity index (χ2v) is 6.97. The Morgan fingerprint density at radius 3 is 2.69 bits per heavy atom. The molecule has 3 aromatic rings. The van der Waals surface area contributed by atoms with Crippen LogP contribution in [-0.4, -0.2) is 17.0 Å². The largest absolute Gasteiger partial charge is 0.361 e. The lowest BCUT2D eigenvalue weighted by Crippen LogP contribution is -2.23. The average Bonchev–Trinajstić information content (AvgIpc) is 3.26. The summed E-state index contributed by atoms with van der Waals surface area (Å²) in [6.07, 6.45) is 0. The van der Waals surface area contributed by atoms with Crippen LogP contribution < -0.4 is 10.6 Å². The number of rotatable bonds is 5.